The van der Waals surface area contributed by atoms with E-state index in [0.717, 1.165) is 17.5 Å². The van der Waals surface area contributed by atoms with Gasteiger partial charge in [0.15, 0.2) is 0 Å². The quantitative estimate of drug-likeness (QED) is 0.690. The molecule has 0 bridgehead atoms. The maximum Gasteiger partial charge on any atom is 0.307 e. The van der Waals surface area contributed by atoms with Crippen LogP contribution in [0.2, 0.25) is 0 Å². The number of aliphatic carboxylic acids is 1. The summed E-state index contributed by atoms with van der Waals surface area (Å²) in [5.74, 6) is -0.806. The lowest BCUT2D eigenvalue weighted by atomic mass is 10.0. The first-order valence-electron chi connectivity index (χ1n) is 4.22. The van der Waals surface area contributed by atoms with Crippen LogP contribution in [0.3, 0.4) is 0 Å². The highest BCUT2D eigenvalue weighted by Gasteiger charge is 2.05. The maximum absolute atomic E-state index is 10.5. The van der Waals surface area contributed by atoms with Crippen LogP contribution >= 0.6 is 0 Å². The van der Waals surface area contributed by atoms with E-state index >= 15 is 0 Å². The summed E-state index contributed by atoms with van der Waals surface area (Å²) in [7, 11) is 0. The Balaban J connectivity index is 2.99. The predicted molar refractivity (Wildman–Crippen MR) is 51.6 cm³/mol. The van der Waals surface area contributed by atoms with E-state index in [1.165, 1.54) is 0 Å². The molecule has 0 saturated carbocycles. The normalized spacial score (nSPS) is 9.92. The van der Waals surface area contributed by atoms with Gasteiger partial charge in [-0.15, -0.1) is 0 Å². The van der Waals surface area contributed by atoms with Crippen molar-refractivity contribution in [2.45, 2.75) is 19.8 Å². The van der Waals surface area contributed by atoms with Crippen molar-refractivity contribution in [3.63, 3.8) is 0 Å². The molecule has 3 N–H and O–H groups in total. The highest BCUT2D eigenvalue weighted by atomic mass is 16.4. The van der Waals surface area contributed by atoms with Crippen LogP contribution in [0.5, 0.6) is 0 Å². The van der Waals surface area contributed by atoms with Crippen molar-refractivity contribution >= 4 is 11.7 Å². The molecule has 1 aromatic rings. The zero-order valence-electron chi connectivity index (χ0n) is 7.58. The molecule has 0 spiro atoms. The zero-order valence-corrected chi connectivity index (χ0v) is 7.58. The van der Waals surface area contributed by atoms with Crippen molar-refractivity contribution < 1.29 is 9.90 Å². The van der Waals surface area contributed by atoms with Crippen LogP contribution < -0.4 is 5.73 Å². The Hall–Kier alpha value is -1.51. The van der Waals surface area contributed by atoms with Crippen molar-refractivity contribution in [1.82, 2.24) is 0 Å². The molecule has 3 heteroatoms. The molecule has 0 amide bonds. The lowest BCUT2D eigenvalue weighted by molar-refractivity contribution is -0.136. The monoisotopic (exact) mass is 179 g/mol. The fourth-order valence-electron chi connectivity index (χ4n) is 1.31. The van der Waals surface area contributed by atoms with Crippen LogP contribution in [-0.2, 0) is 17.6 Å². The third kappa shape index (κ3) is 2.47. The molecule has 0 aromatic heterocycles. The van der Waals surface area contributed by atoms with Crippen molar-refractivity contribution in [2.75, 3.05) is 5.73 Å². The molecule has 1 aromatic carbocycles. The van der Waals surface area contributed by atoms with Gasteiger partial charge < -0.3 is 10.8 Å². The molecule has 3 nitrogen and oxygen atoms in total. The van der Waals surface area contributed by atoms with Gasteiger partial charge in [-0.1, -0.05) is 13.0 Å². The topological polar surface area (TPSA) is 63.3 Å². The number of anilines is 1. The smallest absolute Gasteiger partial charge is 0.307 e. The highest BCUT2D eigenvalue weighted by molar-refractivity contribution is 5.71. The summed E-state index contributed by atoms with van der Waals surface area (Å²) < 4.78 is 0. The van der Waals surface area contributed by atoms with E-state index in [-0.39, 0.29) is 6.42 Å². The van der Waals surface area contributed by atoms with Gasteiger partial charge in [0.1, 0.15) is 0 Å². The van der Waals surface area contributed by atoms with E-state index in [1.54, 1.807) is 12.1 Å². The Kier molecular flexibility index (Phi) is 2.90. The number of carboxylic acids is 1. The molecule has 70 valence electrons. The Morgan fingerprint density at radius 1 is 1.46 bits per heavy atom. The van der Waals surface area contributed by atoms with E-state index in [9.17, 15) is 4.79 Å². The first-order valence-corrected chi connectivity index (χ1v) is 4.22. The van der Waals surface area contributed by atoms with E-state index in [4.69, 9.17) is 10.8 Å². The molecule has 0 aliphatic heterocycles. The first-order chi connectivity index (χ1) is 6.13. The fourth-order valence-corrected chi connectivity index (χ4v) is 1.31. The van der Waals surface area contributed by atoms with Gasteiger partial charge >= 0.3 is 5.97 Å². The lowest BCUT2D eigenvalue weighted by Gasteiger charge is -2.05. The summed E-state index contributed by atoms with van der Waals surface area (Å²) in [6.45, 7) is 1.99. The number of hydrogen-bond donors (Lipinski definition) is 2. The van der Waals surface area contributed by atoms with E-state index in [0.29, 0.717) is 5.69 Å². The number of carbonyl (C=O) groups is 1. The highest BCUT2D eigenvalue weighted by Crippen LogP contribution is 2.14. The first kappa shape index (κ1) is 9.58. The average molecular weight is 179 g/mol. The van der Waals surface area contributed by atoms with Crippen molar-refractivity contribution in [2.24, 2.45) is 0 Å². The molecule has 1 rings (SSSR count). The van der Waals surface area contributed by atoms with Crippen LogP contribution in [0.4, 0.5) is 5.69 Å². The molecule has 0 unspecified atom stereocenters. The largest absolute Gasteiger partial charge is 0.481 e. The summed E-state index contributed by atoms with van der Waals surface area (Å²) in [6, 6.07) is 5.35. The Morgan fingerprint density at radius 2 is 2.15 bits per heavy atom. The van der Waals surface area contributed by atoms with Crippen LogP contribution in [0, 0.1) is 0 Å². The third-order valence-corrected chi connectivity index (χ3v) is 1.95. The standard InChI is InChI=1S/C10H13NO2/c1-2-7-5-9(11)4-3-8(7)6-10(12)13/h3-5H,2,6,11H2,1H3,(H,12,13). The molecular weight excluding hydrogens is 166 g/mol. The van der Waals surface area contributed by atoms with Gasteiger partial charge in [-0.25, -0.2) is 0 Å². The number of aryl methyl sites for hydroxylation is 1. The van der Waals surface area contributed by atoms with Gasteiger partial charge in [-0.2, -0.15) is 0 Å². The second-order valence-electron chi connectivity index (χ2n) is 2.95. The summed E-state index contributed by atoms with van der Waals surface area (Å²) in [5.41, 5.74) is 8.14. The molecular formula is C10H13NO2. The third-order valence-electron chi connectivity index (χ3n) is 1.95. The van der Waals surface area contributed by atoms with Crippen molar-refractivity contribution in [1.29, 1.82) is 0 Å². The lowest BCUT2D eigenvalue weighted by Crippen LogP contribution is -2.03. The number of nitrogen functional groups attached to an aromatic ring is 1. The Labute approximate surface area is 77.2 Å². The molecule has 0 fully saturated rings. The minimum atomic E-state index is -0.806. The van der Waals surface area contributed by atoms with Gasteiger partial charge in [-0.3, -0.25) is 4.79 Å². The summed E-state index contributed by atoms with van der Waals surface area (Å²) in [6.07, 6.45) is 0.886. The number of rotatable bonds is 3. The SMILES string of the molecule is CCc1cc(N)ccc1CC(=O)O. The maximum atomic E-state index is 10.5. The molecule has 0 saturated heterocycles. The van der Waals surface area contributed by atoms with Gasteiger partial charge in [0, 0.05) is 5.69 Å². The number of hydrogen-bond acceptors (Lipinski definition) is 2. The van der Waals surface area contributed by atoms with E-state index < -0.39 is 5.97 Å². The molecule has 0 heterocycles. The second kappa shape index (κ2) is 3.94. The molecule has 13 heavy (non-hydrogen) atoms. The van der Waals surface area contributed by atoms with Crippen molar-refractivity contribution in [3.8, 4) is 0 Å². The fraction of sp³-hybridized carbons (Fsp3) is 0.300. The van der Waals surface area contributed by atoms with Crippen LogP contribution in [-0.4, -0.2) is 11.1 Å². The zero-order chi connectivity index (χ0) is 9.84. The number of benzene rings is 1. The number of carboxylic acid groups (broad SMARTS) is 1. The molecule has 0 atom stereocenters. The Morgan fingerprint density at radius 3 is 2.69 bits per heavy atom. The van der Waals surface area contributed by atoms with Gasteiger partial charge in [0.05, 0.1) is 6.42 Å². The molecule has 0 radical (unpaired) electrons. The average Bonchev–Trinajstić information content (AvgIpc) is 2.07. The summed E-state index contributed by atoms with van der Waals surface area (Å²) >= 11 is 0. The van der Waals surface area contributed by atoms with Crippen LogP contribution in [0.1, 0.15) is 18.1 Å². The summed E-state index contributed by atoms with van der Waals surface area (Å²) in [4.78, 5) is 10.5. The number of nitrogens with two attached hydrogens (primary N) is 1. The minimum Gasteiger partial charge on any atom is -0.481 e. The molecule has 0 aliphatic carbocycles. The molecule has 0 aliphatic rings. The predicted octanol–water partition coefficient (Wildman–Crippen LogP) is 1.46. The van der Waals surface area contributed by atoms with Crippen LogP contribution in [0.15, 0.2) is 18.2 Å². The van der Waals surface area contributed by atoms with Gasteiger partial charge in [0.2, 0.25) is 0 Å². The van der Waals surface area contributed by atoms with Crippen LogP contribution in [0.25, 0.3) is 0 Å². The van der Waals surface area contributed by atoms with E-state index in [1.807, 2.05) is 13.0 Å². The van der Waals surface area contributed by atoms with Gasteiger partial charge in [-0.05, 0) is 29.7 Å². The summed E-state index contributed by atoms with van der Waals surface area (Å²) in [5, 5.41) is 8.62. The minimum absolute atomic E-state index is 0.0729. The van der Waals surface area contributed by atoms with Crippen molar-refractivity contribution in [3.05, 3.63) is 29.3 Å². The Bertz CT molecular complexity index is 321. The van der Waals surface area contributed by atoms with Gasteiger partial charge in [0.25, 0.3) is 0 Å². The second-order valence-corrected chi connectivity index (χ2v) is 2.95. The van der Waals surface area contributed by atoms with E-state index in [2.05, 4.69) is 0 Å².